The Morgan fingerprint density at radius 1 is 0.434 bits per heavy atom. The number of methoxy groups -OCH3 is 2. The molecule has 9 aliphatic rings. The van der Waals surface area contributed by atoms with Crippen molar-refractivity contribution >= 4 is 99.0 Å². The van der Waals surface area contributed by atoms with Gasteiger partial charge in [-0.2, -0.15) is 0 Å². The number of likely N-dealkylation sites (tertiary alicyclic amines) is 1. The summed E-state index contributed by atoms with van der Waals surface area (Å²) in [6.07, 6.45) is 9.25. The molecule has 0 saturated carbocycles. The zero-order chi connectivity index (χ0) is 102. The minimum Gasteiger partial charge on any atom is -1.00 e. The van der Waals surface area contributed by atoms with Gasteiger partial charge in [-0.1, -0.05) is 210 Å². The second kappa shape index (κ2) is 64.3. The van der Waals surface area contributed by atoms with E-state index in [0.29, 0.717) is 19.3 Å². The third-order valence-corrected chi connectivity index (χ3v) is 27.5. The molecule has 0 spiro atoms. The van der Waals surface area contributed by atoms with E-state index in [4.69, 9.17) is 19.5 Å². The van der Waals surface area contributed by atoms with Gasteiger partial charge in [-0.3, -0.25) is 58.0 Å². The van der Waals surface area contributed by atoms with Gasteiger partial charge in [0, 0.05) is 260 Å². The van der Waals surface area contributed by atoms with E-state index in [-0.39, 0.29) is 169 Å². The molecule has 145 heavy (non-hydrogen) atoms. The number of carbonyl (C=O) groups excluding carboxylic acids is 8. The van der Waals surface area contributed by atoms with Crippen LogP contribution in [0.4, 0.5) is 32.8 Å². The first-order valence-corrected chi connectivity index (χ1v) is 50.8. The molecule has 762 valence electrons. The standard InChI is InChI=1S/C25H33N3O2.C22H25N3O.C18H20N2O.C15H21N3O.C11H16N2.C10H13BrO.C7H5FO.C6H9NO2.CH2O3.2K.H/c1-25(2,30-3)21-8-10-22(11-9-21)28-15-12-20(24(28)29)18-19-6-4-5-7-23(19)27-16-13-26-14-17-27;26-22-20(10-11-23-22)16-19-8-4-5-9-21(19)25-14-12-24(13-15-25)17-18-6-2-1-3-7-18;21-15-17-8-4-5-9-18(17)20-12-10-19(11-13-20)14-16-6-2-1-3-7-16;19-15-13(5-6-17-15)11-12-3-1-2-4-14(12)18-9-7-16-8-10-18;1-2-4-11(5-3-1)10-13-8-6-12-7-9-13;1-10(2,12-3)8-4-6-9(11)7-5-8;8-7-4-2-1-3-6(7)5-9;1-5(8)7-4-2-3-6(7)9;2-1-4-3;;;/h4-11,20,26H,12-18H2,1-3H3;1-9,16H,10-15,17H2,(H,23,26);1-9,15H,10-14H2;1-4,13,16H,5-11H2,(H,17,19);1-5,12H,6-10H2;4-7H,1-3H3;1-5H;2-4H2,1H3;1,3H;;;/q;;;;;;;;;2*+1;-1/p-1/b;20-16+;;;;;;;;;;. The Labute approximate surface area is 952 Å². The molecule has 10 aromatic rings. The van der Waals surface area contributed by atoms with E-state index in [1.165, 1.54) is 87.5 Å². The van der Waals surface area contributed by atoms with Crippen molar-refractivity contribution in [3.63, 3.8) is 0 Å². The first-order valence-electron chi connectivity index (χ1n) is 50.0. The second-order valence-corrected chi connectivity index (χ2v) is 38.2. The topological polar surface area (TPSA) is 277 Å². The van der Waals surface area contributed by atoms with Crippen LogP contribution in [0.3, 0.4) is 0 Å². The van der Waals surface area contributed by atoms with Crippen LogP contribution in [0, 0.1) is 17.7 Å². The summed E-state index contributed by atoms with van der Waals surface area (Å²) in [5.41, 5.74) is 17.3. The third-order valence-electron chi connectivity index (χ3n) is 27.0. The van der Waals surface area contributed by atoms with Crippen molar-refractivity contribution in [2.75, 3.05) is 196 Å². The number of anilines is 5. The van der Waals surface area contributed by atoms with Crippen LogP contribution in [0.25, 0.3) is 6.08 Å². The summed E-state index contributed by atoms with van der Waals surface area (Å²) < 4.78 is 24.4. The Hall–Kier alpha value is -9.18. The van der Waals surface area contributed by atoms with Gasteiger partial charge in [0.25, 0.3) is 6.47 Å². The molecule has 9 heterocycles. The van der Waals surface area contributed by atoms with Crippen LogP contribution in [0.2, 0.25) is 0 Å². The Balaban J connectivity index is 0.000000208. The molecule has 10 aromatic carbocycles. The summed E-state index contributed by atoms with van der Waals surface area (Å²) in [7, 11) is 3.45. The number of nitrogens with zero attached hydrogens (tertiary/aromatic N) is 9. The van der Waals surface area contributed by atoms with E-state index in [1.807, 2.05) is 53.4 Å². The SMILES string of the molecule is CC(=O)N1CCCC1=O.COC(C)(C)c1ccc(Br)cc1.COC(C)(C)c1ccc(N2CCC(Cc3ccccc3N3CCNCC3)C2=O)cc1.O=C1NCC/C1=C\c1ccccc1N1CCN(Cc2ccccc2)CC1.O=C1NCCC1Cc1ccccc1N1CCNCC1.O=CO[O-].O=Cc1ccccc1F.O=Cc1ccccc1N1CCN(Cc2ccccc2)CC1.[H-].[K+].[K+].c1ccc(CN2CCNCC2)cc1. The number of imide groups is 1. The number of benzene rings is 10. The van der Waals surface area contributed by atoms with Crippen molar-refractivity contribution in [1.29, 1.82) is 0 Å². The predicted molar refractivity (Wildman–Crippen MR) is 571 cm³/mol. The molecule has 0 aliphatic carbocycles. The molecule has 9 fully saturated rings. The maximum Gasteiger partial charge on any atom is 1.00 e. The van der Waals surface area contributed by atoms with E-state index in [1.54, 1.807) is 26.4 Å². The zero-order valence-electron chi connectivity index (χ0n) is 87.0. The normalized spacial score (nSPS) is 17.6. The summed E-state index contributed by atoms with van der Waals surface area (Å²) in [5, 5.41) is 24.4. The van der Waals surface area contributed by atoms with Gasteiger partial charge in [0.05, 0.1) is 16.8 Å². The number of amides is 5. The summed E-state index contributed by atoms with van der Waals surface area (Å²) in [6.45, 7) is 36.6. The number of para-hydroxylation sites is 4. The molecule has 0 bridgehead atoms. The fourth-order valence-electron chi connectivity index (χ4n) is 18.4. The van der Waals surface area contributed by atoms with Crippen LogP contribution >= 0.6 is 15.9 Å². The van der Waals surface area contributed by atoms with Crippen LogP contribution in [0.15, 0.2) is 271 Å². The fourth-order valence-corrected chi connectivity index (χ4v) is 18.6. The monoisotopic (exact) mass is 2090 g/mol. The van der Waals surface area contributed by atoms with Crippen LogP contribution < -0.4 is 159 Å². The largest absolute Gasteiger partial charge is 1.00 e. The number of aldehydes is 2. The van der Waals surface area contributed by atoms with Gasteiger partial charge in [-0.25, -0.2) is 4.39 Å². The quantitative estimate of drug-likeness (QED) is 0.0131. The van der Waals surface area contributed by atoms with Crippen molar-refractivity contribution in [3.05, 3.63) is 332 Å². The Bertz CT molecular complexity index is 5620. The fraction of sp³-hybridized carbons (Fsp3) is 0.391. The number of carbonyl (C=O) groups is 8. The molecule has 9 saturated heterocycles. The molecule has 26 nitrogen and oxygen atoms in total. The molecule has 30 heteroatoms. The number of rotatable bonds is 23. The van der Waals surface area contributed by atoms with Crippen LogP contribution in [0.5, 0.6) is 0 Å². The van der Waals surface area contributed by atoms with Crippen molar-refractivity contribution in [3.8, 4) is 0 Å². The summed E-state index contributed by atoms with van der Waals surface area (Å²) >= 11 is 3.39. The van der Waals surface area contributed by atoms with Crippen LogP contribution in [0.1, 0.15) is 133 Å². The van der Waals surface area contributed by atoms with Gasteiger partial charge < -0.3 is 72.1 Å². The average Bonchev–Trinajstić information content (AvgIpc) is 1.51. The van der Waals surface area contributed by atoms with Crippen LogP contribution in [-0.4, -0.2) is 239 Å². The molecular weight excluding hydrogens is 1950 g/mol. The Kier molecular flexibility index (Phi) is 52.9. The van der Waals surface area contributed by atoms with E-state index in [0.717, 1.165) is 240 Å². The van der Waals surface area contributed by atoms with Gasteiger partial charge >= 0.3 is 103 Å². The summed E-state index contributed by atoms with van der Waals surface area (Å²) in [4.78, 5) is 111. The molecule has 0 aromatic heterocycles. The number of halogens is 2. The van der Waals surface area contributed by atoms with Gasteiger partial charge in [0.2, 0.25) is 29.5 Å². The number of nitrogens with one attached hydrogen (secondary N) is 5. The number of piperazine rings is 5. The smallest absolute Gasteiger partial charge is 1.00 e. The van der Waals surface area contributed by atoms with Crippen molar-refractivity contribution < 1.29 is 167 Å². The molecule has 9 aliphatic heterocycles. The zero-order valence-corrected chi connectivity index (χ0v) is 93.8. The maximum absolute atomic E-state index is 13.2. The van der Waals surface area contributed by atoms with E-state index in [2.05, 4.69) is 304 Å². The third kappa shape index (κ3) is 38.7. The summed E-state index contributed by atoms with van der Waals surface area (Å²) in [5.74, 6) is 0.118. The van der Waals surface area contributed by atoms with Gasteiger partial charge in [-0.05, 0) is 184 Å². The average molecular weight is 2090 g/mol. The first kappa shape index (κ1) is 119. The van der Waals surface area contributed by atoms with Gasteiger partial charge in [-0.15, -0.1) is 0 Å². The van der Waals surface area contributed by atoms with E-state index < -0.39 is 5.82 Å². The van der Waals surface area contributed by atoms with Crippen LogP contribution in [-0.2, 0) is 86.8 Å². The van der Waals surface area contributed by atoms with Gasteiger partial charge in [0.1, 0.15) is 5.82 Å². The van der Waals surface area contributed by atoms with E-state index >= 15 is 0 Å². The molecule has 5 amide bonds. The first-order chi connectivity index (χ1) is 69.5. The Morgan fingerprint density at radius 2 is 0.828 bits per heavy atom. The maximum atomic E-state index is 13.2. The molecule has 2 atom stereocenters. The number of ether oxygens (including phenoxy) is 2. The van der Waals surface area contributed by atoms with Crippen molar-refractivity contribution in [2.45, 2.75) is 110 Å². The minimum atomic E-state index is -0.465. The minimum absolute atomic E-state index is 0. The predicted octanol–water partition coefficient (Wildman–Crippen LogP) is 8.85. The van der Waals surface area contributed by atoms with E-state index in [9.17, 15) is 38.0 Å². The number of hydrogen-bond donors (Lipinski definition) is 5. The number of hydrogen-bond acceptors (Lipinski definition) is 22. The molecular formula is C115H144BrFK2N14O12. The van der Waals surface area contributed by atoms with Crippen molar-refractivity contribution in [2.24, 2.45) is 11.8 Å². The van der Waals surface area contributed by atoms with Gasteiger partial charge in [0.15, 0.2) is 12.6 Å². The molecule has 0 radical (unpaired) electrons. The molecule has 5 N–H and O–H groups in total. The molecule has 19 rings (SSSR count). The van der Waals surface area contributed by atoms with Crippen molar-refractivity contribution in [1.82, 2.24) is 46.2 Å². The Morgan fingerprint density at radius 3 is 1.22 bits per heavy atom. The summed E-state index contributed by atoms with van der Waals surface area (Å²) in [6, 6.07) is 87.6. The second-order valence-electron chi connectivity index (χ2n) is 37.3. The molecule has 2 unspecified atom stereocenters.